The van der Waals surface area contributed by atoms with Crippen LogP contribution in [0, 0.1) is 0 Å². The van der Waals surface area contributed by atoms with Crippen molar-refractivity contribution in [2.75, 3.05) is 7.05 Å². The first-order valence-corrected chi connectivity index (χ1v) is 6.33. The molecule has 1 aromatic carbocycles. The number of rotatable bonds is 3. The minimum Gasteiger partial charge on any atom is -0.392 e. The van der Waals surface area contributed by atoms with Gasteiger partial charge in [0.1, 0.15) is 0 Å². The Hall–Kier alpha value is -2.01. The fourth-order valence-corrected chi connectivity index (χ4v) is 1.94. The van der Waals surface area contributed by atoms with Crippen LogP contribution in [-0.2, 0) is 0 Å². The second kappa shape index (κ2) is 5.32. The molecule has 0 aliphatic heterocycles. The number of carbonyl (C=O) groups excluding carboxylic acids is 1. The molecule has 2 N–H and O–H groups in total. The maximum absolute atomic E-state index is 12.3. The Kier molecular flexibility index (Phi) is 3.76. The van der Waals surface area contributed by atoms with Crippen LogP contribution < -0.4 is 5.73 Å². The van der Waals surface area contributed by atoms with Crippen LogP contribution >= 0.6 is 12.2 Å². The maximum Gasteiger partial charge on any atom is 0.254 e. The van der Waals surface area contributed by atoms with Gasteiger partial charge in [0, 0.05) is 24.2 Å². The lowest BCUT2D eigenvalue weighted by Gasteiger charge is -2.24. The number of carbonyl (C=O) groups is 1. The Morgan fingerprint density at radius 1 is 1.42 bits per heavy atom. The van der Waals surface area contributed by atoms with Crippen molar-refractivity contribution in [2.24, 2.45) is 5.73 Å². The normalized spacial score (nSPS) is 12.1. The second-order valence-corrected chi connectivity index (χ2v) is 4.88. The van der Waals surface area contributed by atoms with Gasteiger partial charge in [-0.3, -0.25) is 9.78 Å². The lowest BCUT2D eigenvalue weighted by atomic mass is 10.1. The number of aromatic nitrogens is 1. The summed E-state index contributed by atoms with van der Waals surface area (Å²) in [6.45, 7) is 1.81. The van der Waals surface area contributed by atoms with Gasteiger partial charge in [-0.05, 0) is 31.2 Å². The van der Waals surface area contributed by atoms with Crippen molar-refractivity contribution in [3.05, 3.63) is 42.1 Å². The van der Waals surface area contributed by atoms with E-state index in [1.165, 1.54) is 0 Å². The number of amides is 1. The molecule has 1 unspecified atom stereocenters. The number of benzene rings is 1. The topological polar surface area (TPSA) is 59.2 Å². The summed E-state index contributed by atoms with van der Waals surface area (Å²) in [6, 6.07) is 8.93. The van der Waals surface area contributed by atoms with Crippen LogP contribution in [0.1, 0.15) is 17.3 Å². The van der Waals surface area contributed by atoms with Crippen molar-refractivity contribution in [1.29, 1.82) is 0 Å². The van der Waals surface area contributed by atoms with Gasteiger partial charge >= 0.3 is 0 Å². The Bertz CT molecular complexity index is 641. The summed E-state index contributed by atoms with van der Waals surface area (Å²) < 4.78 is 0. The number of fused-ring (bicyclic) bond motifs is 1. The van der Waals surface area contributed by atoms with E-state index >= 15 is 0 Å². The first-order chi connectivity index (χ1) is 9.00. The second-order valence-electron chi connectivity index (χ2n) is 4.41. The van der Waals surface area contributed by atoms with E-state index in [4.69, 9.17) is 18.0 Å². The van der Waals surface area contributed by atoms with Gasteiger partial charge in [-0.25, -0.2) is 0 Å². The molecule has 2 rings (SSSR count). The molecule has 0 aliphatic carbocycles. The van der Waals surface area contributed by atoms with E-state index in [1.54, 1.807) is 24.2 Å². The molecule has 0 radical (unpaired) electrons. The first-order valence-electron chi connectivity index (χ1n) is 5.92. The smallest absolute Gasteiger partial charge is 0.254 e. The molecule has 0 bridgehead atoms. The Balaban J connectivity index is 2.33. The molecule has 0 saturated heterocycles. The van der Waals surface area contributed by atoms with Crippen LogP contribution in [-0.4, -0.2) is 33.9 Å². The summed E-state index contributed by atoms with van der Waals surface area (Å²) >= 11 is 4.91. The van der Waals surface area contributed by atoms with Crippen molar-refractivity contribution >= 4 is 34.0 Å². The maximum atomic E-state index is 12.3. The van der Waals surface area contributed by atoms with E-state index in [0.717, 1.165) is 10.9 Å². The molecule has 2 aromatic rings. The largest absolute Gasteiger partial charge is 0.392 e. The zero-order valence-corrected chi connectivity index (χ0v) is 11.6. The van der Waals surface area contributed by atoms with E-state index in [-0.39, 0.29) is 11.9 Å². The van der Waals surface area contributed by atoms with Gasteiger partial charge in [0.05, 0.1) is 16.5 Å². The van der Waals surface area contributed by atoms with Gasteiger partial charge in [0.15, 0.2) is 0 Å². The lowest BCUT2D eigenvalue weighted by Crippen LogP contribution is -2.42. The van der Waals surface area contributed by atoms with E-state index in [9.17, 15) is 4.79 Å². The molecular formula is C14H15N3OS. The Morgan fingerprint density at radius 2 is 2.16 bits per heavy atom. The fourth-order valence-electron chi connectivity index (χ4n) is 1.78. The van der Waals surface area contributed by atoms with Crippen LogP contribution in [0.2, 0.25) is 0 Å². The van der Waals surface area contributed by atoms with Gasteiger partial charge in [0.2, 0.25) is 0 Å². The van der Waals surface area contributed by atoms with Gasteiger partial charge in [-0.1, -0.05) is 18.3 Å². The summed E-state index contributed by atoms with van der Waals surface area (Å²) in [5, 5.41) is 0.935. The van der Waals surface area contributed by atoms with Gasteiger partial charge in [-0.15, -0.1) is 0 Å². The molecule has 1 amide bonds. The van der Waals surface area contributed by atoms with Crippen molar-refractivity contribution < 1.29 is 4.79 Å². The number of hydrogen-bond acceptors (Lipinski definition) is 3. The number of thiocarbonyl (C=S) groups is 1. The zero-order chi connectivity index (χ0) is 14.0. The van der Waals surface area contributed by atoms with E-state index in [2.05, 4.69) is 4.98 Å². The third-order valence-corrected chi connectivity index (χ3v) is 3.50. The van der Waals surface area contributed by atoms with Gasteiger partial charge in [0.25, 0.3) is 5.91 Å². The number of pyridine rings is 1. The fraction of sp³-hybridized carbons (Fsp3) is 0.214. The summed E-state index contributed by atoms with van der Waals surface area (Å²) in [7, 11) is 1.69. The third kappa shape index (κ3) is 2.71. The minimum absolute atomic E-state index is 0.106. The summed E-state index contributed by atoms with van der Waals surface area (Å²) in [6.07, 6.45) is 1.73. The molecule has 0 saturated carbocycles. The van der Waals surface area contributed by atoms with Gasteiger partial charge in [-0.2, -0.15) is 0 Å². The first kappa shape index (κ1) is 13.4. The third-order valence-electron chi connectivity index (χ3n) is 3.16. The molecule has 19 heavy (non-hydrogen) atoms. The number of hydrogen-bond donors (Lipinski definition) is 1. The van der Waals surface area contributed by atoms with Crippen molar-refractivity contribution in [3.8, 4) is 0 Å². The molecule has 4 nitrogen and oxygen atoms in total. The van der Waals surface area contributed by atoms with Crippen LogP contribution in [0.5, 0.6) is 0 Å². The molecule has 1 atom stereocenters. The van der Waals surface area contributed by atoms with Crippen LogP contribution in [0.15, 0.2) is 36.5 Å². The SMILES string of the molecule is CC(C(N)=S)N(C)C(=O)c1ccc2ncccc2c1. The highest BCUT2D eigenvalue weighted by atomic mass is 32.1. The number of nitrogens with zero attached hydrogens (tertiary/aromatic N) is 2. The van der Waals surface area contributed by atoms with E-state index in [0.29, 0.717) is 10.6 Å². The van der Waals surface area contributed by atoms with E-state index in [1.807, 2.05) is 31.2 Å². The summed E-state index contributed by atoms with van der Waals surface area (Å²) in [5.41, 5.74) is 7.04. The van der Waals surface area contributed by atoms with Crippen molar-refractivity contribution in [3.63, 3.8) is 0 Å². The standard InChI is InChI=1S/C14H15N3OS/c1-9(13(15)19)17(2)14(18)11-5-6-12-10(8-11)4-3-7-16-12/h3-9H,1-2H3,(H2,15,19). The highest BCUT2D eigenvalue weighted by Gasteiger charge is 2.19. The Labute approximate surface area is 117 Å². The van der Waals surface area contributed by atoms with Crippen LogP contribution in [0.4, 0.5) is 0 Å². The van der Waals surface area contributed by atoms with Crippen LogP contribution in [0.3, 0.4) is 0 Å². The zero-order valence-electron chi connectivity index (χ0n) is 10.8. The average molecular weight is 273 g/mol. The monoisotopic (exact) mass is 273 g/mol. The molecule has 1 aromatic heterocycles. The van der Waals surface area contributed by atoms with Crippen molar-refractivity contribution in [2.45, 2.75) is 13.0 Å². The minimum atomic E-state index is -0.271. The lowest BCUT2D eigenvalue weighted by molar-refractivity contribution is 0.0779. The van der Waals surface area contributed by atoms with E-state index < -0.39 is 0 Å². The predicted octanol–water partition coefficient (Wildman–Crippen LogP) is 1.98. The highest BCUT2D eigenvalue weighted by Crippen LogP contribution is 2.15. The summed E-state index contributed by atoms with van der Waals surface area (Å²) in [4.78, 5) is 18.4. The number of nitrogens with two attached hydrogens (primary N) is 1. The molecule has 98 valence electrons. The predicted molar refractivity (Wildman–Crippen MR) is 80.1 cm³/mol. The van der Waals surface area contributed by atoms with Crippen LogP contribution in [0.25, 0.3) is 10.9 Å². The van der Waals surface area contributed by atoms with Crippen molar-refractivity contribution in [1.82, 2.24) is 9.88 Å². The molecule has 5 heteroatoms. The molecule has 0 aliphatic rings. The Morgan fingerprint density at radius 3 is 2.84 bits per heavy atom. The summed E-state index contributed by atoms with van der Waals surface area (Å²) in [5.74, 6) is -0.106. The number of likely N-dealkylation sites (N-methyl/N-ethyl adjacent to an activating group) is 1. The average Bonchev–Trinajstić information content (AvgIpc) is 2.44. The highest BCUT2D eigenvalue weighted by molar-refractivity contribution is 7.80. The molecule has 0 spiro atoms. The quantitative estimate of drug-likeness (QED) is 0.869. The molecule has 0 fully saturated rings. The van der Waals surface area contributed by atoms with Gasteiger partial charge < -0.3 is 10.6 Å². The molecule has 1 heterocycles. The molecular weight excluding hydrogens is 258 g/mol.